The minimum absolute atomic E-state index is 0.00229. The first-order valence-corrected chi connectivity index (χ1v) is 6.76. The lowest BCUT2D eigenvalue weighted by Gasteiger charge is -2.10. The molecule has 0 amide bonds. The van der Waals surface area contributed by atoms with Gasteiger partial charge in [-0.2, -0.15) is 0 Å². The molecule has 4 heteroatoms. The van der Waals surface area contributed by atoms with Crippen molar-refractivity contribution < 1.29 is 0 Å². The molecule has 2 N–H and O–H groups in total. The van der Waals surface area contributed by atoms with Crippen LogP contribution in [0.2, 0.25) is 0 Å². The zero-order chi connectivity index (χ0) is 14.1. The summed E-state index contributed by atoms with van der Waals surface area (Å²) in [5.41, 5.74) is 4.25. The van der Waals surface area contributed by atoms with E-state index in [2.05, 4.69) is 40.9 Å². The van der Waals surface area contributed by atoms with Gasteiger partial charge in [0.05, 0.1) is 16.7 Å². The molecule has 2 aromatic rings. The number of hydrogen-bond acceptors (Lipinski definition) is 3. The average Bonchev–Trinajstić information content (AvgIpc) is 2.97. The number of aliphatic imine (C=N–C) groups is 1. The number of aromatic nitrogens is 2. The molecule has 1 aliphatic heterocycles. The Labute approximate surface area is 118 Å². The van der Waals surface area contributed by atoms with Crippen LogP contribution in [0.25, 0.3) is 11.0 Å². The summed E-state index contributed by atoms with van der Waals surface area (Å²) in [5, 5.41) is 3.48. The van der Waals surface area contributed by atoms with Crippen LogP contribution in [0.5, 0.6) is 0 Å². The molecule has 20 heavy (non-hydrogen) atoms. The summed E-state index contributed by atoms with van der Waals surface area (Å²) in [7, 11) is 0. The molecule has 0 radical (unpaired) electrons. The molecule has 0 spiro atoms. The lowest BCUT2D eigenvalue weighted by molar-refractivity contribution is 0.582. The lowest BCUT2D eigenvalue weighted by atomic mass is 10.1. The van der Waals surface area contributed by atoms with Gasteiger partial charge in [-0.15, -0.1) is 0 Å². The van der Waals surface area contributed by atoms with Gasteiger partial charge in [-0.3, -0.25) is 10.3 Å². The van der Waals surface area contributed by atoms with Crippen molar-refractivity contribution in [2.75, 3.05) is 0 Å². The fourth-order valence-electron chi connectivity index (χ4n) is 2.47. The Hall–Kier alpha value is -2.20. The number of rotatable bonds is 3. The number of hydrogen-bond donors (Lipinski definition) is 2. The number of benzene rings is 1. The predicted octanol–water partition coefficient (Wildman–Crippen LogP) is 3.04. The number of nitrogens with one attached hydrogen (secondary N) is 2. The smallest absolute Gasteiger partial charge is 0.126 e. The number of H-pyrrole nitrogens is 1. The third kappa shape index (κ3) is 2.30. The highest BCUT2D eigenvalue weighted by Gasteiger charge is 2.23. The van der Waals surface area contributed by atoms with Crippen LogP contribution < -0.4 is 5.32 Å². The van der Waals surface area contributed by atoms with Gasteiger partial charge in [0.2, 0.25) is 0 Å². The fraction of sp³-hybridized carbons (Fsp3) is 0.250. The van der Waals surface area contributed by atoms with Gasteiger partial charge in [-0.1, -0.05) is 24.8 Å². The minimum atomic E-state index is 0.00229. The van der Waals surface area contributed by atoms with Crippen molar-refractivity contribution in [3.8, 4) is 0 Å². The molecule has 0 saturated heterocycles. The molecule has 0 saturated carbocycles. The largest absolute Gasteiger partial charge is 0.342 e. The van der Waals surface area contributed by atoms with Crippen LogP contribution in [-0.4, -0.2) is 21.7 Å². The Morgan fingerprint density at radius 3 is 3.00 bits per heavy atom. The standard InChI is InChI=1S/C16H18N4/c1-4-5-6-13-10(2)17-16(20-13)12-7-8-14-15(9-12)19-11(3)18-14/h4-10,16-17H,1H2,2-3H3,(H,18,19)/b6-5-. The molecule has 4 nitrogen and oxygen atoms in total. The summed E-state index contributed by atoms with van der Waals surface area (Å²) in [4.78, 5) is 12.4. The van der Waals surface area contributed by atoms with Crippen molar-refractivity contribution in [2.45, 2.75) is 26.1 Å². The van der Waals surface area contributed by atoms with E-state index in [0.717, 1.165) is 28.1 Å². The minimum Gasteiger partial charge on any atom is -0.342 e. The third-order valence-corrected chi connectivity index (χ3v) is 3.47. The van der Waals surface area contributed by atoms with E-state index in [1.807, 2.05) is 25.1 Å². The van der Waals surface area contributed by atoms with Crippen molar-refractivity contribution in [3.63, 3.8) is 0 Å². The van der Waals surface area contributed by atoms with Gasteiger partial charge in [0, 0.05) is 6.04 Å². The molecule has 1 aromatic heterocycles. The summed E-state index contributed by atoms with van der Waals surface area (Å²) >= 11 is 0. The number of nitrogens with zero attached hydrogens (tertiary/aromatic N) is 2. The summed E-state index contributed by atoms with van der Waals surface area (Å²) in [6.07, 6.45) is 5.69. The molecule has 0 fully saturated rings. The van der Waals surface area contributed by atoms with Crippen LogP contribution in [0.15, 0.2) is 48.0 Å². The molecule has 3 rings (SSSR count). The summed E-state index contributed by atoms with van der Waals surface area (Å²) in [5.74, 6) is 0.933. The molecular weight excluding hydrogens is 248 g/mol. The topological polar surface area (TPSA) is 53.1 Å². The van der Waals surface area contributed by atoms with Crippen molar-refractivity contribution >= 4 is 16.7 Å². The molecule has 0 aliphatic carbocycles. The van der Waals surface area contributed by atoms with E-state index in [4.69, 9.17) is 4.99 Å². The van der Waals surface area contributed by atoms with E-state index in [9.17, 15) is 0 Å². The first-order chi connectivity index (χ1) is 9.67. The van der Waals surface area contributed by atoms with E-state index in [0.29, 0.717) is 0 Å². The van der Waals surface area contributed by atoms with Crippen LogP contribution >= 0.6 is 0 Å². The SMILES string of the molecule is C=C/C=C\C1=NC(c2ccc3nc(C)[nH]c3c2)NC1C. The van der Waals surface area contributed by atoms with Crippen LogP contribution in [0.4, 0.5) is 0 Å². The van der Waals surface area contributed by atoms with Crippen LogP contribution in [0, 0.1) is 6.92 Å². The maximum Gasteiger partial charge on any atom is 0.126 e. The normalized spacial score (nSPS) is 22.6. The molecule has 1 aromatic carbocycles. The molecule has 2 atom stereocenters. The Kier molecular flexibility index (Phi) is 3.24. The van der Waals surface area contributed by atoms with Crippen molar-refractivity contribution in [2.24, 2.45) is 4.99 Å². The molecule has 1 aliphatic rings. The Balaban J connectivity index is 1.93. The van der Waals surface area contributed by atoms with E-state index in [1.165, 1.54) is 0 Å². The second kappa shape index (κ2) is 5.06. The highest BCUT2D eigenvalue weighted by Crippen LogP contribution is 2.24. The first kappa shape index (κ1) is 12.8. The van der Waals surface area contributed by atoms with Crippen LogP contribution in [0.1, 0.15) is 24.5 Å². The summed E-state index contributed by atoms with van der Waals surface area (Å²) in [6.45, 7) is 7.77. The summed E-state index contributed by atoms with van der Waals surface area (Å²) < 4.78 is 0. The van der Waals surface area contributed by atoms with Crippen LogP contribution in [0.3, 0.4) is 0 Å². The van der Waals surface area contributed by atoms with Gasteiger partial charge >= 0.3 is 0 Å². The monoisotopic (exact) mass is 266 g/mol. The lowest BCUT2D eigenvalue weighted by Crippen LogP contribution is -2.27. The zero-order valence-electron chi connectivity index (χ0n) is 11.7. The maximum atomic E-state index is 4.73. The molecule has 0 bridgehead atoms. The van der Waals surface area contributed by atoms with Gasteiger partial charge in [-0.25, -0.2) is 4.98 Å². The average molecular weight is 266 g/mol. The second-order valence-corrected chi connectivity index (χ2v) is 5.04. The maximum absolute atomic E-state index is 4.73. The van der Waals surface area contributed by atoms with E-state index in [1.54, 1.807) is 6.08 Å². The third-order valence-electron chi connectivity index (χ3n) is 3.47. The van der Waals surface area contributed by atoms with E-state index >= 15 is 0 Å². The second-order valence-electron chi connectivity index (χ2n) is 5.04. The number of aromatic amines is 1. The van der Waals surface area contributed by atoms with Crippen molar-refractivity contribution in [1.29, 1.82) is 0 Å². The van der Waals surface area contributed by atoms with Crippen molar-refractivity contribution in [1.82, 2.24) is 15.3 Å². The first-order valence-electron chi connectivity index (χ1n) is 6.76. The van der Waals surface area contributed by atoms with Gasteiger partial charge < -0.3 is 4.98 Å². The number of aryl methyl sites for hydroxylation is 1. The number of imidazole rings is 1. The van der Waals surface area contributed by atoms with Crippen LogP contribution in [-0.2, 0) is 0 Å². The highest BCUT2D eigenvalue weighted by molar-refractivity contribution is 6.00. The van der Waals surface area contributed by atoms with E-state index < -0.39 is 0 Å². The fourth-order valence-corrected chi connectivity index (χ4v) is 2.47. The number of allylic oxidation sites excluding steroid dienone is 2. The van der Waals surface area contributed by atoms with E-state index in [-0.39, 0.29) is 12.2 Å². The van der Waals surface area contributed by atoms with Gasteiger partial charge in [0.1, 0.15) is 12.0 Å². The van der Waals surface area contributed by atoms with Crippen molar-refractivity contribution in [3.05, 3.63) is 54.4 Å². The molecular formula is C16H18N4. The Morgan fingerprint density at radius 1 is 1.35 bits per heavy atom. The van der Waals surface area contributed by atoms with Gasteiger partial charge in [0.15, 0.2) is 0 Å². The summed E-state index contributed by atoms with van der Waals surface area (Å²) in [6, 6.07) is 6.48. The Bertz CT molecular complexity index is 708. The molecule has 2 heterocycles. The van der Waals surface area contributed by atoms with Gasteiger partial charge in [-0.05, 0) is 37.6 Å². The molecule has 102 valence electrons. The number of fused-ring (bicyclic) bond motifs is 1. The quantitative estimate of drug-likeness (QED) is 0.839. The highest BCUT2D eigenvalue weighted by atomic mass is 15.2. The Morgan fingerprint density at radius 2 is 2.20 bits per heavy atom. The zero-order valence-corrected chi connectivity index (χ0v) is 11.7. The predicted molar refractivity (Wildman–Crippen MR) is 82.9 cm³/mol. The van der Waals surface area contributed by atoms with Gasteiger partial charge in [0.25, 0.3) is 0 Å². The molecule has 2 unspecified atom stereocenters.